The number of carbonyl (C=O) groups is 1. The van der Waals surface area contributed by atoms with Crippen LogP contribution in [0.5, 0.6) is 5.88 Å². The van der Waals surface area contributed by atoms with Crippen LogP contribution in [-0.2, 0) is 4.79 Å². The van der Waals surface area contributed by atoms with Crippen LogP contribution in [0.25, 0.3) is 0 Å². The molecule has 1 atom stereocenters. The second-order valence-corrected chi connectivity index (χ2v) is 8.20. The Morgan fingerprint density at radius 2 is 1.78 bits per heavy atom. The van der Waals surface area contributed by atoms with Crippen molar-refractivity contribution in [1.82, 2.24) is 10.2 Å². The maximum Gasteiger partial charge on any atom is 0.357 e. The summed E-state index contributed by atoms with van der Waals surface area (Å²) in [5.74, 6) is -1.15. The number of benzene rings is 2. The average Bonchev–Trinajstić information content (AvgIpc) is 3.12. The number of nitrogens with two attached hydrogens (primary N) is 1. The molecular weight excluding hydrogens is 544 g/mol. The summed E-state index contributed by atoms with van der Waals surface area (Å²) in [5.41, 5.74) is 5.00. The number of rotatable bonds is 7. The summed E-state index contributed by atoms with van der Waals surface area (Å²) in [6.45, 7) is 1.62. The van der Waals surface area contributed by atoms with Gasteiger partial charge in [-0.3, -0.25) is 5.10 Å². The number of esters is 1. The number of nitriles is 1. The fourth-order valence-corrected chi connectivity index (χ4v) is 3.18. The Morgan fingerprint density at radius 3 is 2.34 bits per heavy atom. The highest BCUT2D eigenvalue weighted by atomic mass is 79.9. The van der Waals surface area contributed by atoms with Gasteiger partial charge in [0, 0.05) is 8.95 Å². The zero-order valence-corrected chi connectivity index (χ0v) is 19.8. The number of nitrogens with zero attached hydrogens (tertiary/aromatic N) is 6. The Hall–Kier alpha value is -3.43. The Kier molecular flexibility index (Phi) is 7.45. The van der Waals surface area contributed by atoms with Crippen molar-refractivity contribution < 1.29 is 9.53 Å². The van der Waals surface area contributed by atoms with Crippen molar-refractivity contribution in [2.24, 2.45) is 20.5 Å². The number of H-pyrrole nitrogens is 1. The van der Waals surface area contributed by atoms with Crippen LogP contribution in [0.4, 0.5) is 22.9 Å². The third-order valence-corrected chi connectivity index (χ3v) is 5.16. The van der Waals surface area contributed by atoms with Gasteiger partial charge in [-0.1, -0.05) is 50.9 Å². The zero-order chi connectivity index (χ0) is 23.1. The molecule has 32 heavy (non-hydrogen) atoms. The maximum absolute atomic E-state index is 12.9. The second-order valence-electron chi connectivity index (χ2n) is 6.37. The van der Waals surface area contributed by atoms with Gasteiger partial charge in [0.05, 0.1) is 11.4 Å². The molecule has 1 heterocycles. The number of hydrogen-bond donors (Lipinski definition) is 2. The van der Waals surface area contributed by atoms with Crippen LogP contribution in [0.15, 0.2) is 77.9 Å². The minimum absolute atomic E-state index is 0.0187. The molecule has 1 unspecified atom stereocenters. The highest BCUT2D eigenvalue weighted by Crippen LogP contribution is 2.34. The standard InChI is InChI=1S/C20H16Br2N8O2/c1-2-20(11-23,30-26-15-8-4-6-13(22)10-15)19(31)32-18-16(17(24)28-29-18)27-25-14-7-3-5-12(21)9-14/h3-10H,2H2,1H3,(H3,24,28,29). The van der Waals surface area contributed by atoms with Crippen molar-refractivity contribution in [3.8, 4) is 11.9 Å². The lowest BCUT2D eigenvalue weighted by atomic mass is 10.00. The molecule has 0 fully saturated rings. The number of nitrogen functional groups attached to an aromatic ring is 1. The van der Waals surface area contributed by atoms with Crippen LogP contribution in [0.3, 0.4) is 0 Å². The van der Waals surface area contributed by atoms with Crippen LogP contribution in [-0.4, -0.2) is 21.7 Å². The molecule has 0 radical (unpaired) electrons. The second kappa shape index (κ2) is 10.3. The first-order valence-electron chi connectivity index (χ1n) is 9.20. The quantitative estimate of drug-likeness (QED) is 0.257. The van der Waals surface area contributed by atoms with E-state index in [1.54, 1.807) is 43.3 Å². The van der Waals surface area contributed by atoms with Crippen LogP contribution in [0, 0.1) is 11.3 Å². The Bertz CT molecular complexity index is 1230. The number of azo groups is 2. The number of anilines is 1. The summed E-state index contributed by atoms with van der Waals surface area (Å²) in [4.78, 5) is 12.9. The summed E-state index contributed by atoms with van der Waals surface area (Å²) in [6, 6.07) is 15.9. The van der Waals surface area contributed by atoms with Crippen LogP contribution < -0.4 is 10.5 Å². The highest BCUT2D eigenvalue weighted by molar-refractivity contribution is 9.10. The van der Waals surface area contributed by atoms with E-state index in [4.69, 9.17) is 10.5 Å². The lowest BCUT2D eigenvalue weighted by Gasteiger charge is -2.16. The minimum atomic E-state index is -1.88. The molecule has 3 N–H and O–H groups in total. The van der Waals surface area contributed by atoms with Crippen molar-refractivity contribution in [2.45, 2.75) is 18.9 Å². The molecule has 0 aliphatic heterocycles. The predicted octanol–water partition coefficient (Wildman–Crippen LogP) is 6.29. The highest BCUT2D eigenvalue weighted by Gasteiger charge is 2.41. The Balaban J connectivity index is 1.85. The van der Waals surface area contributed by atoms with E-state index in [0.717, 1.165) is 8.95 Å². The van der Waals surface area contributed by atoms with E-state index in [1.165, 1.54) is 0 Å². The van der Waals surface area contributed by atoms with Crippen molar-refractivity contribution in [1.29, 1.82) is 5.26 Å². The van der Waals surface area contributed by atoms with Gasteiger partial charge in [0.2, 0.25) is 0 Å². The fourth-order valence-electron chi connectivity index (χ4n) is 2.40. The number of hydrogen-bond acceptors (Lipinski definition) is 9. The lowest BCUT2D eigenvalue weighted by molar-refractivity contribution is -0.138. The molecule has 0 bridgehead atoms. The molecule has 10 nitrogen and oxygen atoms in total. The molecule has 2 aromatic carbocycles. The van der Waals surface area contributed by atoms with E-state index in [0.29, 0.717) is 11.4 Å². The largest absolute Gasteiger partial charge is 0.401 e. The first-order valence-corrected chi connectivity index (χ1v) is 10.8. The molecule has 3 rings (SSSR count). The number of aromatic nitrogens is 2. The summed E-state index contributed by atoms with van der Waals surface area (Å²) in [6.07, 6.45) is 0.0225. The molecule has 0 spiro atoms. The van der Waals surface area contributed by atoms with Gasteiger partial charge >= 0.3 is 5.97 Å². The zero-order valence-electron chi connectivity index (χ0n) is 16.7. The van der Waals surface area contributed by atoms with E-state index in [1.807, 2.05) is 18.2 Å². The van der Waals surface area contributed by atoms with Crippen molar-refractivity contribution in [3.63, 3.8) is 0 Å². The summed E-state index contributed by atoms with van der Waals surface area (Å²) < 4.78 is 6.93. The molecule has 0 saturated heterocycles. The molecule has 1 aromatic heterocycles. The topological polar surface area (TPSA) is 154 Å². The fraction of sp³-hybridized carbons (Fsp3) is 0.150. The van der Waals surface area contributed by atoms with Gasteiger partial charge in [-0.15, -0.1) is 10.2 Å². The van der Waals surface area contributed by atoms with Crippen LogP contribution in [0.1, 0.15) is 13.3 Å². The molecule has 0 amide bonds. The third kappa shape index (κ3) is 5.43. The molecule has 3 aromatic rings. The molecule has 12 heteroatoms. The number of halogens is 2. The van der Waals surface area contributed by atoms with E-state index in [9.17, 15) is 10.1 Å². The summed E-state index contributed by atoms with van der Waals surface area (Å²) in [5, 5.41) is 32.2. The third-order valence-electron chi connectivity index (χ3n) is 4.18. The van der Waals surface area contributed by atoms with Gasteiger partial charge in [0.15, 0.2) is 11.5 Å². The average molecular weight is 560 g/mol. The van der Waals surface area contributed by atoms with Gasteiger partial charge in [-0.05, 0) is 42.8 Å². The predicted molar refractivity (Wildman–Crippen MR) is 124 cm³/mol. The van der Waals surface area contributed by atoms with Gasteiger partial charge in [0.25, 0.3) is 11.4 Å². The van der Waals surface area contributed by atoms with E-state index in [2.05, 4.69) is 62.5 Å². The van der Waals surface area contributed by atoms with Gasteiger partial charge in [0.1, 0.15) is 6.07 Å². The summed E-state index contributed by atoms with van der Waals surface area (Å²) in [7, 11) is 0. The van der Waals surface area contributed by atoms with Crippen LogP contribution in [0.2, 0.25) is 0 Å². The number of ether oxygens (including phenoxy) is 1. The normalized spacial score (nSPS) is 13.2. The first-order chi connectivity index (χ1) is 15.4. The van der Waals surface area contributed by atoms with E-state index in [-0.39, 0.29) is 23.8 Å². The van der Waals surface area contributed by atoms with Crippen molar-refractivity contribution in [2.75, 3.05) is 5.73 Å². The smallest absolute Gasteiger partial charge is 0.357 e. The molecule has 0 aliphatic carbocycles. The van der Waals surface area contributed by atoms with E-state index < -0.39 is 11.5 Å². The molecule has 0 saturated carbocycles. The van der Waals surface area contributed by atoms with Gasteiger partial charge in [-0.25, -0.2) is 4.79 Å². The van der Waals surface area contributed by atoms with Gasteiger partial charge in [-0.2, -0.15) is 20.6 Å². The number of nitrogens with one attached hydrogen (secondary N) is 1. The Labute approximate surface area is 199 Å². The molecule has 0 aliphatic rings. The van der Waals surface area contributed by atoms with E-state index >= 15 is 0 Å². The molecule has 162 valence electrons. The number of carbonyl (C=O) groups excluding carboxylic acids is 1. The van der Waals surface area contributed by atoms with Crippen molar-refractivity contribution >= 4 is 60.7 Å². The Morgan fingerprint density at radius 1 is 1.16 bits per heavy atom. The molecular formula is C20H16Br2N8O2. The lowest BCUT2D eigenvalue weighted by Crippen LogP contribution is -2.38. The first kappa shape index (κ1) is 23.2. The van der Waals surface area contributed by atoms with Crippen LogP contribution >= 0.6 is 31.9 Å². The van der Waals surface area contributed by atoms with Crippen molar-refractivity contribution in [3.05, 3.63) is 57.5 Å². The SMILES string of the molecule is CCC(C#N)(N=Nc1cccc(Br)c1)C(=O)Oc1n[nH]c(N)c1N=Nc1cccc(Br)c1. The summed E-state index contributed by atoms with van der Waals surface area (Å²) >= 11 is 6.68. The number of aromatic amines is 1. The maximum atomic E-state index is 12.9. The van der Waals surface area contributed by atoms with Gasteiger partial charge < -0.3 is 10.5 Å². The monoisotopic (exact) mass is 558 g/mol. The minimum Gasteiger partial charge on any atom is -0.401 e.